The third-order valence-electron chi connectivity index (χ3n) is 3.42. The molecular weight excluding hydrogens is 270 g/mol. The van der Waals surface area contributed by atoms with Gasteiger partial charge in [-0.15, -0.1) is 0 Å². The van der Waals surface area contributed by atoms with E-state index in [1.54, 1.807) is 0 Å². The van der Waals surface area contributed by atoms with Gasteiger partial charge in [0.25, 0.3) is 0 Å². The lowest BCUT2D eigenvalue weighted by atomic mass is 10.0. The van der Waals surface area contributed by atoms with Crippen LogP contribution in [0.3, 0.4) is 0 Å². The Hall–Kier alpha value is -0.870. The number of hydrogen-bond donors (Lipinski definition) is 1. The SMILES string of the molecule is CCCNC(CCc1ccc(C)cc1)CCS(C)(=O)=O. The molecule has 0 saturated heterocycles. The second-order valence-corrected chi connectivity index (χ2v) is 7.85. The Balaban J connectivity index is 2.48. The fourth-order valence-corrected chi connectivity index (χ4v) is 2.86. The summed E-state index contributed by atoms with van der Waals surface area (Å²) in [7, 11) is -2.87. The molecule has 0 aromatic heterocycles. The van der Waals surface area contributed by atoms with Crippen LogP contribution in [0, 0.1) is 6.92 Å². The molecule has 0 saturated carbocycles. The molecule has 0 bridgehead atoms. The molecule has 3 nitrogen and oxygen atoms in total. The predicted octanol–water partition coefficient (Wildman–Crippen LogP) is 2.73. The molecule has 0 fully saturated rings. The topological polar surface area (TPSA) is 46.2 Å². The highest BCUT2D eigenvalue weighted by Gasteiger charge is 2.11. The van der Waals surface area contributed by atoms with Gasteiger partial charge in [0.15, 0.2) is 0 Å². The Morgan fingerprint density at radius 2 is 1.80 bits per heavy atom. The van der Waals surface area contributed by atoms with E-state index in [9.17, 15) is 8.42 Å². The maximum atomic E-state index is 11.3. The van der Waals surface area contributed by atoms with Gasteiger partial charge in [0.05, 0.1) is 5.75 Å². The Morgan fingerprint density at radius 1 is 1.15 bits per heavy atom. The van der Waals surface area contributed by atoms with Crippen LogP contribution in [-0.4, -0.2) is 33.0 Å². The Labute approximate surface area is 123 Å². The van der Waals surface area contributed by atoms with E-state index in [1.165, 1.54) is 17.4 Å². The van der Waals surface area contributed by atoms with Crippen LogP contribution in [0.2, 0.25) is 0 Å². The zero-order valence-electron chi connectivity index (χ0n) is 12.9. The van der Waals surface area contributed by atoms with Gasteiger partial charge in [-0.05, 0) is 44.7 Å². The van der Waals surface area contributed by atoms with E-state index < -0.39 is 9.84 Å². The quantitative estimate of drug-likeness (QED) is 0.762. The minimum absolute atomic E-state index is 0.266. The van der Waals surface area contributed by atoms with Crippen LogP contribution in [0.15, 0.2) is 24.3 Å². The van der Waals surface area contributed by atoms with Crippen LogP contribution < -0.4 is 5.32 Å². The molecule has 4 heteroatoms. The molecule has 1 aromatic rings. The van der Waals surface area contributed by atoms with E-state index in [4.69, 9.17) is 0 Å². The normalized spacial score (nSPS) is 13.3. The molecule has 114 valence electrons. The minimum Gasteiger partial charge on any atom is -0.314 e. The molecule has 0 radical (unpaired) electrons. The minimum atomic E-state index is -2.87. The summed E-state index contributed by atoms with van der Waals surface area (Å²) in [5, 5.41) is 3.46. The fraction of sp³-hybridized carbons (Fsp3) is 0.625. The van der Waals surface area contributed by atoms with Crippen molar-refractivity contribution in [2.24, 2.45) is 0 Å². The zero-order valence-corrected chi connectivity index (χ0v) is 13.7. The molecule has 1 rings (SSSR count). The van der Waals surface area contributed by atoms with Crippen molar-refractivity contribution in [1.29, 1.82) is 0 Å². The van der Waals surface area contributed by atoms with Crippen molar-refractivity contribution in [3.05, 3.63) is 35.4 Å². The van der Waals surface area contributed by atoms with Crippen molar-refractivity contribution in [3.8, 4) is 0 Å². The molecule has 0 amide bonds. The summed E-state index contributed by atoms with van der Waals surface area (Å²) in [6, 6.07) is 8.85. The highest BCUT2D eigenvalue weighted by atomic mass is 32.2. The first kappa shape index (κ1) is 17.2. The number of sulfone groups is 1. The van der Waals surface area contributed by atoms with E-state index in [0.717, 1.165) is 25.8 Å². The van der Waals surface area contributed by atoms with Gasteiger partial charge in [-0.25, -0.2) is 8.42 Å². The number of aryl methyl sites for hydroxylation is 2. The number of benzene rings is 1. The first-order valence-electron chi connectivity index (χ1n) is 7.37. The van der Waals surface area contributed by atoms with Crippen molar-refractivity contribution in [1.82, 2.24) is 5.32 Å². The van der Waals surface area contributed by atoms with Gasteiger partial charge in [-0.1, -0.05) is 36.8 Å². The van der Waals surface area contributed by atoms with Crippen molar-refractivity contribution in [3.63, 3.8) is 0 Å². The molecule has 0 spiro atoms. The average Bonchev–Trinajstić information content (AvgIpc) is 2.38. The van der Waals surface area contributed by atoms with Crippen LogP contribution in [-0.2, 0) is 16.3 Å². The van der Waals surface area contributed by atoms with Crippen molar-refractivity contribution < 1.29 is 8.42 Å². The summed E-state index contributed by atoms with van der Waals surface area (Å²) in [5.41, 5.74) is 2.59. The number of hydrogen-bond acceptors (Lipinski definition) is 3. The molecule has 1 aromatic carbocycles. The van der Waals surface area contributed by atoms with Crippen molar-refractivity contribution in [2.75, 3.05) is 18.6 Å². The Kier molecular flexibility index (Phi) is 7.24. The lowest BCUT2D eigenvalue weighted by Gasteiger charge is -2.18. The molecular formula is C16H27NO2S. The second-order valence-electron chi connectivity index (χ2n) is 5.59. The van der Waals surface area contributed by atoms with Gasteiger partial charge < -0.3 is 5.32 Å². The molecule has 0 aliphatic rings. The molecule has 0 aliphatic carbocycles. The van der Waals surface area contributed by atoms with Crippen molar-refractivity contribution in [2.45, 2.75) is 45.6 Å². The van der Waals surface area contributed by atoms with E-state index in [1.807, 2.05) is 0 Å². The van der Waals surface area contributed by atoms with E-state index in [0.29, 0.717) is 6.42 Å². The van der Waals surface area contributed by atoms with Gasteiger partial charge in [-0.2, -0.15) is 0 Å². The van der Waals surface area contributed by atoms with Gasteiger partial charge >= 0.3 is 0 Å². The molecule has 1 atom stereocenters. The zero-order chi connectivity index (χ0) is 15.0. The van der Waals surface area contributed by atoms with Crippen LogP contribution in [0.25, 0.3) is 0 Å². The van der Waals surface area contributed by atoms with Crippen LogP contribution in [0.4, 0.5) is 0 Å². The third kappa shape index (κ3) is 7.65. The lowest BCUT2D eigenvalue weighted by Crippen LogP contribution is -2.32. The van der Waals surface area contributed by atoms with Crippen LogP contribution >= 0.6 is 0 Å². The standard InChI is InChI=1S/C16H27NO2S/c1-4-12-17-16(11-13-20(3,18)19)10-9-15-7-5-14(2)6-8-15/h5-8,16-17H,4,9-13H2,1-3H3. The lowest BCUT2D eigenvalue weighted by molar-refractivity contribution is 0.466. The molecule has 1 unspecified atom stereocenters. The maximum Gasteiger partial charge on any atom is 0.147 e. The largest absolute Gasteiger partial charge is 0.314 e. The summed E-state index contributed by atoms with van der Waals surface area (Å²) in [6.07, 6.45) is 5.05. The van der Waals surface area contributed by atoms with Gasteiger partial charge in [-0.3, -0.25) is 0 Å². The molecule has 0 heterocycles. The van der Waals surface area contributed by atoms with E-state index in [-0.39, 0.29) is 11.8 Å². The first-order valence-corrected chi connectivity index (χ1v) is 9.43. The second kappa shape index (κ2) is 8.42. The summed E-state index contributed by atoms with van der Waals surface area (Å²) < 4.78 is 22.6. The van der Waals surface area contributed by atoms with Crippen LogP contribution in [0.1, 0.15) is 37.3 Å². The summed E-state index contributed by atoms with van der Waals surface area (Å²) in [6.45, 7) is 5.16. The summed E-state index contributed by atoms with van der Waals surface area (Å²) in [5.74, 6) is 0.266. The van der Waals surface area contributed by atoms with Gasteiger partial charge in [0.2, 0.25) is 0 Å². The van der Waals surface area contributed by atoms with Crippen molar-refractivity contribution >= 4 is 9.84 Å². The number of nitrogens with one attached hydrogen (secondary N) is 1. The van der Waals surface area contributed by atoms with E-state index in [2.05, 4.69) is 43.4 Å². The first-order chi connectivity index (χ1) is 9.40. The molecule has 0 aliphatic heterocycles. The highest BCUT2D eigenvalue weighted by molar-refractivity contribution is 7.90. The average molecular weight is 297 g/mol. The monoisotopic (exact) mass is 297 g/mol. The summed E-state index contributed by atoms with van der Waals surface area (Å²) >= 11 is 0. The smallest absolute Gasteiger partial charge is 0.147 e. The highest BCUT2D eigenvalue weighted by Crippen LogP contribution is 2.10. The summed E-state index contributed by atoms with van der Waals surface area (Å²) in [4.78, 5) is 0. The molecule has 20 heavy (non-hydrogen) atoms. The Morgan fingerprint density at radius 3 is 2.35 bits per heavy atom. The van der Waals surface area contributed by atoms with Gasteiger partial charge in [0.1, 0.15) is 9.84 Å². The van der Waals surface area contributed by atoms with Crippen LogP contribution in [0.5, 0.6) is 0 Å². The fourth-order valence-electron chi connectivity index (χ4n) is 2.15. The predicted molar refractivity (Wildman–Crippen MR) is 85.9 cm³/mol. The third-order valence-corrected chi connectivity index (χ3v) is 4.40. The Bertz CT molecular complexity index is 480. The molecule has 1 N–H and O–H groups in total. The van der Waals surface area contributed by atoms with Gasteiger partial charge in [0, 0.05) is 12.3 Å². The number of rotatable bonds is 9. The van der Waals surface area contributed by atoms with E-state index >= 15 is 0 Å². The maximum absolute atomic E-state index is 11.3.